The fourth-order valence-electron chi connectivity index (χ4n) is 14.1. The SMILES string of the molecule is CC(=O)c1cc2c(o1)C(=O)c1cc(Cl)ccc1C2=O.CC(=O)c1cc2c(o1)C(=O)c1cc(F)ccc1C2=O.CC(=O)c1cc2c(o1)C(=O)c1ccccc1C2=O.CC(=O)c1oc2c(c1CBr)C(=O)c1ccccc1C2=O.O=C(c1ccccc1)c1cc2c(o1)C(=O)c1cc(Br)ccc1C2=O.O=C(c1ccccc1)c1cc2c(o1)C(=O)c1cc(F)ccc1C2=O. The van der Waals surface area contributed by atoms with Crippen LogP contribution in [0.3, 0.4) is 0 Å². The van der Waals surface area contributed by atoms with Crippen LogP contribution in [0.25, 0.3) is 0 Å². The first-order chi connectivity index (χ1) is 59.2. The van der Waals surface area contributed by atoms with Crippen molar-refractivity contribution in [3.63, 3.8) is 0 Å². The van der Waals surface area contributed by atoms with E-state index in [4.69, 9.17) is 38.1 Å². The fraction of sp³-hybridized carbons (Fsp3) is 0.0526. The van der Waals surface area contributed by atoms with Crippen molar-refractivity contribution in [2.75, 3.05) is 0 Å². The number of halogens is 5. The first-order valence-corrected chi connectivity index (χ1v) is 39.1. The molecule has 124 heavy (non-hydrogen) atoms. The van der Waals surface area contributed by atoms with E-state index in [2.05, 4.69) is 31.9 Å². The minimum absolute atomic E-state index is 0.00519. The van der Waals surface area contributed by atoms with E-state index in [9.17, 15) is 95.1 Å². The molecule has 0 unspecified atom stereocenters. The van der Waals surface area contributed by atoms with E-state index in [1.54, 1.807) is 133 Å². The summed E-state index contributed by atoms with van der Waals surface area (Å²) in [7, 11) is 0. The van der Waals surface area contributed by atoms with Crippen molar-refractivity contribution in [3.05, 3.63) is 419 Å². The Morgan fingerprint density at radius 2 is 0.565 bits per heavy atom. The number of ketones is 18. The van der Waals surface area contributed by atoms with Crippen molar-refractivity contribution in [1.29, 1.82) is 0 Å². The second-order valence-electron chi connectivity index (χ2n) is 27.9. The highest BCUT2D eigenvalue weighted by Gasteiger charge is 2.42. The summed E-state index contributed by atoms with van der Waals surface area (Å²) in [4.78, 5) is 218. The average molecular weight is 1810 g/mol. The van der Waals surface area contributed by atoms with Crippen LogP contribution in [0, 0.1) is 11.6 Å². The van der Waals surface area contributed by atoms with Crippen LogP contribution < -0.4 is 0 Å². The molecule has 0 aliphatic heterocycles. The topological polar surface area (TPSA) is 386 Å². The first kappa shape index (κ1) is 83.7. The lowest BCUT2D eigenvalue weighted by atomic mass is 9.86. The molecule has 0 saturated heterocycles. The number of carbonyl (C=O) groups is 18. The Labute approximate surface area is 717 Å². The molecule has 24 nitrogen and oxygen atoms in total. The monoisotopic (exact) mass is 1800 g/mol. The van der Waals surface area contributed by atoms with E-state index < -0.39 is 52.1 Å². The maximum Gasteiger partial charge on any atom is 0.229 e. The number of carbonyl (C=O) groups excluding carboxylic acids is 18. The zero-order valence-electron chi connectivity index (χ0n) is 64.1. The minimum atomic E-state index is -0.620. The molecule has 6 heterocycles. The van der Waals surface area contributed by atoms with Gasteiger partial charge >= 0.3 is 0 Å². The second-order valence-corrected chi connectivity index (χ2v) is 29.8. The Kier molecular flexibility index (Phi) is 22.5. The first-order valence-electron chi connectivity index (χ1n) is 36.8. The van der Waals surface area contributed by atoms with Crippen LogP contribution in [0.2, 0.25) is 5.02 Å². The van der Waals surface area contributed by atoms with Crippen LogP contribution in [0.1, 0.15) is 300 Å². The van der Waals surface area contributed by atoms with Gasteiger partial charge in [-0.15, -0.1) is 0 Å². The smallest absolute Gasteiger partial charge is 0.229 e. The maximum atomic E-state index is 13.4. The Hall–Kier alpha value is -15.4. The van der Waals surface area contributed by atoms with Crippen molar-refractivity contribution >= 4 is 148 Å². The van der Waals surface area contributed by atoms with Gasteiger partial charge in [-0.1, -0.05) is 153 Å². The summed E-state index contributed by atoms with van der Waals surface area (Å²) in [5.74, 6) is -8.93. The molecule has 0 spiro atoms. The predicted octanol–water partition coefficient (Wildman–Crippen LogP) is 18.2. The third kappa shape index (κ3) is 15.1. The summed E-state index contributed by atoms with van der Waals surface area (Å²) < 4.78 is 58.9. The van der Waals surface area contributed by atoms with Crippen LogP contribution in [0.5, 0.6) is 0 Å². The van der Waals surface area contributed by atoms with E-state index in [0.717, 1.165) is 24.3 Å². The van der Waals surface area contributed by atoms with Crippen LogP contribution in [-0.2, 0) is 5.33 Å². The average Bonchev–Trinajstić information content (AvgIpc) is 1.58. The van der Waals surface area contributed by atoms with Gasteiger partial charge in [0, 0.05) is 126 Å². The van der Waals surface area contributed by atoms with Crippen LogP contribution >= 0.6 is 43.5 Å². The number of hydrogen-bond acceptors (Lipinski definition) is 24. The van der Waals surface area contributed by atoms with Crippen LogP contribution in [0.4, 0.5) is 8.78 Å². The summed E-state index contributed by atoms with van der Waals surface area (Å²) in [6.45, 7) is 5.25. The second kappa shape index (κ2) is 33.3. The highest BCUT2D eigenvalue weighted by molar-refractivity contribution is 9.10. The van der Waals surface area contributed by atoms with Gasteiger partial charge in [0.2, 0.25) is 46.3 Å². The third-order valence-corrected chi connectivity index (χ3v) is 21.4. The van der Waals surface area contributed by atoms with Crippen LogP contribution in [0.15, 0.2) is 243 Å². The Morgan fingerprint density at radius 3 is 0.919 bits per heavy atom. The molecule has 0 radical (unpaired) electrons. The van der Waals surface area contributed by atoms with Gasteiger partial charge in [0.25, 0.3) is 0 Å². The summed E-state index contributed by atoms with van der Waals surface area (Å²) in [6, 6.07) is 52.7. The van der Waals surface area contributed by atoms with Gasteiger partial charge in [0.15, 0.2) is 127 Å². The Morgan fingerprint density at radius 1 is 0.282 bits per heavy atom. The van der Waals surface area contributed by atoms with Crippen molar-refractivity contribution in [2.45, 2.75) is 33.0 Å². The minimum Gasteiger partial charge on any atom is -0.449 e. The molecule has 6 aliphatic carbocycles. The third-order valence-electron chi connectivity index (χ3n) is 20.1. The fourth-order valence-corrected chi connectivity index (χ4v) is 15.2. The standard InChI is InChI=1S/C19H9BrO4.C19H9FO4.C15H9BrO4.C14H7ClO4.C14H7FO4.C14H8O4/c2*20-11-6-7-12-13(8-11)18(23)19-14(17(12)22)9-15(24-19)16(21)10-4-2-1-3-5-10;1-7(17)14-10(6-16)11-12(18)8-4-2-3-5-9(8)13(19)15(11)20-14;2*1-6(16)11-5-10-12(17)8-3-2-7(15)4-9(8)13(18)14(10)19-11;1-7(15)11-6-10-12(16)8-4-2-3-5-9(8)13(17)14(10)18-11/h2*1-9H;2-5H,6H2,1H3;2*2-5H,1H3;2-6H,1H3. The van der Waals surface area contributed by atoms with Crippen molar-refractivity contribution in [1.82, 2.24) is 0 Å². The highest BCUT2D eigenvalue weighted by Crippen LogP contribution is 2.39. The molecule has 0 saturated carbocycles. The number of benzene rings is 8. The molecule has 6 aromatic heterocycles. The molecule has 0 fully saturated rings. The van der Waals surface area contributed by atoms with Crippen molar-refractivity contribution in [2.24, 2.45) is 0 Å². The summed E-state index contributed by atoms with van der Waals surface area (Å²) in [5.41, 5.74) is 4.51. The molecule has 0 atom stereocenters. The van der Waals surface area contributed by atoms with Gasteiger partial charge in [-0.2, -0.15) is 0 Å². The lowest BCUT2D eigenvalue weighted by Gasteiger charge is -2.13. The number of alkyl halides is 1. The van der Waals surface area contributed by atoms with Crippen LogP contribution in [-0.4, -0.2) is 104 Å². The summed E-state index contributed by atoms with van der Waals surface area (Å²) in [6.07, 6.45) is 0. The number of hydrogen-bond donors (Lipinski definition) is 0. The molecular formula is C95H49Br2ClF2O24. The summed E-state index contributed by atoms with van der Waals surface area (Å²) in [5, 5.41) is 0.642. The molecule has 20 rings (SSSR count). The van der Waals surface area contributed by atoms with E-state index in [-0.39, 0.29) is 210 Å². The van der Waals surface area contributed by atoms with Crippen molar-refractivity contribution < 1.29 is 122 Å². The molecule has 8 aromatic carbocycles. The molecule has 14 aromatic rings. The molecule has 0 N–H and O–H groups in total. The van der Waals surface area contributed by atoms with E-state index in [0.29, 0.717) is 54.0 Å². The predicted molar refractivity (Wildman–Crippen MR) is 437 cm³/mol. The number of furan rings is 6. The molecule has 0 amide bonds. The number of fused-ring (bicyclic) bond motifs is 12. The highest BCUT2D eigenvalue weighted by atomic mass is 79.9. The number of rotatable bonds is 9. The van der Waals surface area contributed by atoms with Gasteiger partial charge in [-0.05, 0) is 103 Å². The quantitative estimate of drug-likeness (QED) is 0.0956. The van der Waals surface area contributed by atoms with E-state index in [1.807, 2.05) is 0 Å². The van der Waals surface area contributed by atoms with Gasteiger partial charge < -0.3 is 26.5 Å². The Bertz CT molecular complexity index is 6860. The maximum absolute atomic E-state index is 13.4. The van der Waals surface area contributed by atoms with Gasteiger partial charge in [-0.25, -0.2) is 8.78 Å². The van der Waals surface area contributed by atoms with E-state index >= 15 is 0 Å². The lowest BCUT2D eigenvalue weighted by Crippen LogP contribution is -2.20. The van der Waals surface area contributed by atoms with Gasteiger partial charge in [0.1, 0.15) is 11.6 Å². The van der Waals surface area contributed by atoms with Gasteiger partial charge in [-0.3, -0.25) is 86.3 Å². The number of Topliss-reactive ketones (excluding diaryl/α,β-unsaturated/α-hetero) is 4. The summed E-state index contributed by atoms with van der Waals surface area (Å²) >= 11 is 12.4. The van der Waals surface area contributed by atoms with Gasteiger partial charge in [0.05, 0.1) is 33.4 Å². The van der Waals surface area contributed by atoms with Crippen molar-refractivity contribution in [3.8, 4) is 0 Å². The zero-order valence-corrected chi connectivity index (χ0v) is 68.0. The largest absolute Gasteiger partial charge is 0.449 e. The molecule has 608 valence electrons. The molecule has 6 aliphatic rings. The normalized spacial score (nSPS) is 13.0. The van der Waals surface area contributed by atoms with E-state index in [1.165, 1.54) is 82.3 Å². The molecular weight excluding hydrogens is 1760 g/mol. The lowest BCUT2D eigenvalue weighted by molar-refractivity contribution is 0.0943. The molecule has 29 heteroatoms. The Balaban J connectivity index is 0.000000116. The zero-order chi connectivity index (χ0) is 88.5. The molecule has 0 bridgehead atoms.